The van der Waals surface area contributed by atoms with Gasteiger partial charge >= 0.3 is 5.97 Å². The van der Waals surface area contributed by atoms with E-state index >= 15 is 0 Å². The second kappa shape index (κ2) is 9.34. The van der Waals surface area contributed by atoms with Gasteiger partial charge < -0.3 is 9.47 Å². The van der Waals surface area contributed by atoms with E-state index in [2.05, 4.69) is 29.5 Å². The molecule has 0 spiro atoms. The fraction of sp³-hybridized carbons (Fsp3) is 0.562. The Kier molecular flexibility index (Phi) is 8.14. The van der Waals surface area contributed by atoms with Gasteiger partial charge in [-0.05, 0) is 47.1 Å². The third kappa shape index (κ3) is 5.05. The molecule has 4 heteroatoms. The molecule has 0 N–H and O–H groups in total. The van der Waals surface area contributed by atoms with Gasteiger partial charge in [0.25, 0.3) is 0 Å². The highest BCUT2D eigenvalue weighted by Gasteiger charge is 2.26. The summed E-state index contributed by atoms with van der Waals surface area (Å²) in [6.45, 7) is 4.08. The highest BCUT2D eigenvalue weighted by Crippen LogP contribution is 2.29. The molecule has 0 aliphatic rings. The predicted octanol–water partition coefficient (Wildman–Crippen LogP) is 4.49. The van der Waals surface area contributed by atoms with E-state index in [1.54, 1.807) is 7.11 Å². The Balaban J connectivity index is 2.80. The first-order valence-corrected chi connectivity index (χ1v) is 8.18. The van der Waals surface area contributed by atoms with Crippen molar-refractivity contribution in [3.05, 3.63) is 33.4 Å². The minimum Gasteiger partial charge on any atom is -0.459 e. The van der Waals surface area contributed by atoms with Crippen LogP contribution in [-0.4, -0.2) is 19.2 Å². The second-order valence-corrected chi connectivity index (χ2v) is 5.88. The number of halogens is 1. The van der Waals surface area contributed by atoms with Gasteiger partial charge in [-0.2, -0.15) is 0 Å². The molecule has 0 fully saturated rings. The SMILES string of the molecule is CCCCC(=O)O[C@@H](CC)[C@@H](OC)c1ccccc1I. The van der Waals surface area contributed by atoms with Crippen molar-refractivity contribution in [1.29, 1.82) is 0 Å². The maximum Gasteiger partial charge on any atom is 0.306 e. The van der Waals surface area contributed by atoms with Crippen molar-refractivity contribution in [2.45, 2.75) is 51.7 Å². The van der Waals surface area contributed by atoms with E-state index < -0.39 is 0 Å². The quantitative estimate of drug-likeness (QED) is 0.485. The van der Waals surface area contributed by atoms with Crippen molar-refractivity contribution < 1.29 is 14.3 Å². The van der Waals surface area contributed by atoms with Crippen molar-refractivity contribution in [1.82, 2.24) is 0 Å². The third-order valence-corrected chi connectivity index (χ3v) is 4.21. The van der Waals surface area contributed by atoms with Gasteiger partial charge in [0.05, 0.1) is 0 Å². The number of carbonyl (C=O) groups excluding carboxylic acids is 1. The summed E-state index contributed by atoms with van der Waals surface area (Å²) in [6, 6.07) is 8.04. The lowest BCUT2D eigenvalue weighted by Crippen LogP contribution is -2.26. The molecule has 1 aromatic rings. The molecule has 0 aromatic heterocycles. The lowest BCUT2D eigenvalue weighted by Gasteiger charge is -2.26. The number of benzene rings is 1. The van der Waals surface area contributed by atoms with E-state index in [1.807, 2.05) is 31.2 Å². The lowest BCUT2D eigenvalue weighted by molar-refractivity contribution is -0.157. The molecule has 1 rings (SSSR count). The van der Waals surface area contributed by atoms with E-state index in [4.69, 9.17) is 9.47 Å². The molecular weight excluding hydrogens is 367 g/mol. The topological polar surface area (TPSA) is 35.5 Å². The molecule has 2 atom stereocenters. The van der Waals surface area contributed by atoms with Crippen molar-refractivity contribution in [2.75, 3.05) is 7.11 Å². The van der Waals surface area contributed by atoms with Gasteiger partial charge in [-0.1, -0.05) is 38.5 Å². The lowest BCUT2D eigenvalue weighted by atomic mass is 10.0. The summed E-state index contributed by atoms with van der Waals surface area (Å²) >= 11 is 2.28. The Hall–Kier alpha value is -0.620. The number of methoxy groups -OCH3 is 1. The molecule has 0 saturated carbocycles. The Bertz CT molecular complexity index is 420. The van der Waals surface area contributed by atoms with E-state index in [1.165, 1.54) is 0 Å². The average molecular weight is 390 g/mol. The number of ether oxygens (including phenoxy) is 2. The van der Waals surface area contributed by atoms with Crippen LogP contribution in [0.3, 0.4) is 0 Å². The van der Waals surface area contributed by atoms with Gasteiger partial charge in [-0.3, -0.25) is 4.79 Å². The molecule has 0 aliphatic carbocycles. The van der Waals surface area contributed by atoms with Gasteiger partial charge in [-0.25, -0.2) is 0 Å². The number of carbonyl (C=O) groups is 1. The second-order valence-electron chi connectivity index (χ2n) is 4.72. The number of hydrogen-bond donors (Lipinski definition) is 0. The molecule has 0 aliphatic heterocycles. The standard InChI is InChI=1S/C16H23IO3/c1-4-6-11-15(18)20-14(5-2)16(19-3)12-9-7-8-10-13(12)17/h7-10,14,16H,4-6,11H2,1-3H3/t14-,16-/m0/s1. The van der Waals surface area contributed by atoms with Gasteiger partial charge in [0.1, 0.15) is 12.2 Å². The molecule has 1 aromatic carbocycles. The van der Waals surface area contributed by atoms with Crippen molar-refractivity contribution in [3.8, 4) is 0 Å². The minimum atomic E-state index is -0.236. The first-order chi connectivity index (χ1) is 9.63. The van der Waals surface area contributed by atoms with E-state index in [-0.39, 0.29) is 18.2 Å². The van der Waals surface area contributed by atoms with Gasteiger partial charge in [-0.15, -0.1) is 0 Å². The Morgan fingerprint density at radius 3 is 2.55 bits per heavy atom. The zero-order chi connectivity index (χ0) is 15.0. The van der Waals surface area contributed by atoms with Gasteiger partial charge in [0, 0.05) is 17.1 Å². The first-order valence-electron chi connectivity index (χ1n) is 7.10. The first kappa shape index (κ1) is 17.4. The summed E-state index contributed by atoms with van der Waals surface area (Å²) in [5.41, 5.74) is 1.07. The Labute approximate surface area is 135 Å². The summed E-state index contributed by atoms with van der Waals surface area (Å²) < 4.78 is 12.3. The summed E-state index contributed by atoms with van der Waals surface area (Å²) in [5, 5.41) is 0. The summed E-state index contributed by atoms with van der Waals surface area (Å²) in [5.74, 6) is -0.133. The summed E-state index contributed by atoms with van der Waals surface area (Å²) in [7, 11) is 1.66. The van der Waals surface area contributed by atoms with Crippen molar-refractivity contribution in [2.24, 2.45) is 0 Å². The molecule has 0 radical (unpaired) electrons. The van der Waals surface area contributed by atoms with E-state index in [0.717, 1.165) is 28.4 Å². The number of hydrogen-bond acceptors (Lipinski definition) is 3. The third-order valence-electron chi connectivity index (χ3n) is 3.22. The predicted molar refractivity (Wildman–Crippen MR) is 88.6 cm³/mol. The maximum absolute atomic E-state index is 11.8. The monoisotopic (exact) mass is 390 g/mol. The van der Waals surface area contributed by atoms with Crippen LogP contribution in [0.1, 0.15) is 51.2 Å². The maximum atomic E-state index is 11.8. The molecule has 20 heavy (non-hydrogen) atoms. The van der Waals surface area contributed by atoms with Gasteiger partial charge in [0.2, 0.25) is 0 Å². The number of unbranched alkanes of at least 4 members (excludes halogenated alkanes) is 1. The smallest absolute Gasteiger partial charge is 0.306 e. The van der Waals surface area contributed by atoms with Crippen LogP contribution in [0.25, 0.3) is 0 Å². The zero-order valence-electron chi connectivity index (χ0n) is 12.4. The van der Waals surface area contributed by atoms with Crippen LogP contribution in [0.15, 0.2) is 24.3 Å². The molecule has 3 nitrogen and oxygen atoms in total. The minimum absolute atomic E-state index is 0.133. The Morgan fingerprint density at radius 2 is 2.00 bits per heavy atom. The average Bonchev–Trinajstić information content (AvgIpc) is 2.46. The van der Waals surface area contributed by atoms with Crippen molar-refractivity contribution in [3.63, 3.8) is 0 Å². The van der Waals surface area contributed by atoms with Gasteiger partial charge in [0.15, 0.2) is 0 Å². The Morgan fingerprint density at radius 1 is 1.30 bits per heavy atom. The van der Waals surface area contributed by atoms with Crippen LogP contribution in [-0.2, 0) is 14.3 Å². The van der Waals surface area contributed by atoms with Crippen LogP contribution < -0.4 is 0 Å². The van der Waals surface area contributed by atoms with Crippen LogP contribution in [0.2, 0.25) is 0 Å². The highest BCUT2D eigenvalue weighted by atomic mass is 127. The van der Waals surface area contributed by atoms with Crippen LogP contribution in [0.5, 0.6) is 0 Å². The largest absolute Gasteiger partial charge is 0.459 e. The van der Waals surface area contributed by atoms with E-state index in [0.29, 0.717) is 6.42 Å². The van der Waals surface area contributed by atoms with Crippen molar-refractivity contribution >= 4 is 28.6 Å². The molecule has 0 heterocycles. The van der Waals surface area contributed by atoms with Crippen LogP contribution in [0, 0.1) is 3.57 Å². The number of rotatable bonds is 8. The molecule has 112 valence electrons. The summed E-state index contributed by atoms with van der Waals surface area (Å²) in [6.07, 6.45) is 2.64. The number of esters is 1. The fourth-order valence-corrected chi connectivity index (χ4v) is 2.79. The van der Waals surface area contributed by atoms with Crippen LogP contribution >= 0.6 is 22.6 Å². The molecule has 0 saturated heterocycles. The molecule has 0 amide bonds. The molecular formula is C16H23IO3. The van der Waals surface area contributed by atoms with E-state index in [9.17, 15) is 4.79 Å². The molecule has 0 bridgehead atoms. The van der Waals surface area contributed by atoms with Crippen LogP contribution in [0.4, 0.5) is 0 Å². The fourth-order valence-electron chi connectivity index (χ4n) is 2.09. The normalized spacial score (nSPS) is 13.8. The summed E-state index contributed by atoms with van der Waals surface area (Å²) in [4.78, 5) is 11.8. The molecule has 0 unspecified atom stereocenters. The zero-order valence-corrected chi connectivity index (χ0v) is 14.6. The highest BCUT2D eigenvalue weighted by molar-refractivity contribution is 14.1.